The first-order valence-corrected chi connectivity index (χ1v) is 4.26. The van der Waals surface area contributed by atoms with Gasteiger partial charge in [-0.3, -0.25) is 0 Å². The molecule has 2 heteroatoms. The van der Waals surface area contributed by atoms with Crippen LogP contribution in [0.4, 0.5) is 0 Å². The van der Waals surface area contributed by atoms with Crippen molar-refractivity contribution in [1.29, 1.82) is 0 Å². The van der Waals surface area contributed by atoms with E-state index in [9.17, 15) is 0 Å². The largest absolute Gasteiger partial charge is 0.367 e. The second kappa shape index (κ2) is 4.67. The molecular formula is C8H17NS. The minimum atomic E-state index is 0.541. The highest BCUT2D eigenvalue weighted by Gasteiger charge is 2.05. The number of nitrogens with zero attached hydrogens (tertiary/aromatic N) is 1. The molecule has 0 amide bonds. The summed E-state index contributed by atoms with van der Waals surface area (Å²) in [6.07, 6.45) is 2.19. The average Bonchev–Trinajstić information content (AvgIpc) is 1.87. The second-order valence-electron chi connectivity index (χ2n) is 2.85. The molecule has 0 bridgehead atoms. The molecule has 0 rings (SSSR count). The van der Waals surface area contributed by atoms with Gasteiger partial charge in [-0.2, -0.15) is 0 Å². The van der Waals surface area contributed by atoms with Gasteiger partial charge >= 0.3 is 0 Å². The van der Waals surface area contributed by atoms with Gasteiger partial charge in [-0.1, -0.05) is 19.1 Å². The molecule has 60 valence electrons. The van der Waals surface area contributed by atoms with E-state index in [1.807, 2.05) is 0 Å². The van der Waals surface area contributed by atoms with E-state index in [1.165, 1.54) is 0 Å². The van der Waals surface area contributed by atoms with E-state index in [0.717, 1.165) is 17.8 Å². The lowest BCUT2D eigenvalue weighted by atomic mass is 10.3. The molecule has 0 aromatic carbocycles. The third-order valence-electron chi connectivity index (χ3n) is 1.63. The summed E-state index contributed by atoms with van der Waals surface area (Å²) in [5, 5.41) is 0. The van der Waals surface area contributed by atoms with Crippen LogP contribution in [-0.2, 0) is 0 Å². The summed E-state index contributed by atoms with van der Waals surface area (Å²) < 4.78 is 0. The Labute approximate surface area is 69.4 Å². The Morgan fingerprint density at radius 3 is 2.30 bits per heavy atom. The van der Waals surface area contributed by atoms with E-state index < -0.39 is 0 Å². The van der Waals surface area contributed by atoms with Crippen molar-refractivity contribution in [3.63, 3.8) is 0 Å². The van der Waals surface area contributed by atoms with Crippen LogP contribution in [0.2, 0.25) is 0 Å². The van der Waals surface area contributed by atoms with Crippen LogP contribution in [0.25, 0.3) is 0 Å². The Morgan fingerprint density at radius 1 is 1.50 bits per heavy atom. The number of rotatable bonds is 3. The summed E-state index contributed by atoms with van der Waals surface area (Å²) in [4.78, 5) is 3.23. The van der Waals surface area contributed by atoms with Gasteiger partial charge in [0.2, 0.25) is 0 Å². The third-order valence-corrected chi connectivity index (χ3v) is 2.12. The van der Waals surface area contributed by atoms with Gasteiger partial charge < -0.3 is 4.90 Å². The smallest absolute Gasteiger partial charge is 0.0778 e. The van der Waals surface area contributed by atoms with Crippen LogP contribution >= 0.6 is 12.2 Å². The molecule has 0 N–H and O–H groups in total. The van der Waals surface area contributed by atoms with Gasteiger partial charge in [-0.15, -0.1) is 0 Å². The van der Waals surface area contributed by atoms with Crippen LogP contribution in [0, 0.1) is 0 Å². The second-order valence-corrected chi connectivity index (χ2v) is 3.32. The van der Waals surface area contributed by atoms with Crippen molar-refractivity contribution in [3.05, 3.63) is 0 Å². The number of hydrogen-bond acceptors (Lipinski definition) is 1. The molecule has 0 aliphatic rings. The van der Waals surface area contributed by atoms with Crippen LogP contribution < -0.4 is 0 Å². The van der Waals surface area contributed by atoms with Crippen molar-refractivity contribution < 1.29 is 0 Å². The Morgan fingerprint density at radius 2 is 2.00 bits per heavy atom. The maximum absolute atomic E-state index is 5.18. The van der Waals surface area contributed by atoms with E-state index in [-0.39, 0.29) is 0 Å². The maximum atomic E-state index is 5.18. The van der Waals surface area contributed by atoms with Crippen molar-refractivity contribution >= 4 is 17.2 Å². The molecular weight excluding hydrogens is 142 g/mol. The van der Waals surface area contributed by atoms with Gasteiger partial charge in [0.1, 0.15) is 0 Å². The zero-order valence-electron chi connectivity index (χ0n) is 7.35. The predicted octanol–water partition coefficient (Wildman–Crippen LogP) is 2.45. The first kappa shape index (κ1) is 9.89. The lowest BCUT2D eigenvalue weighted by Crippen LogP contribution is -2.31. The number of thiocarbonyl (C=S) groups is 1. The van der Waals surface area contributed by atoms with Crippen LogP contribution in [0.5, 0.6) is 0 Å². The predicted molar refractivity (Wildman–Crippen MR) is 50.4 cm³/mol. The summed E-state index contributed by atoms with van der Waals surface area (Å²) in [5.74, 6) is 0. The summed E-state index contributed by atoms with van der Waals surface area (Å²) >= 11 is 5.18. The highest BCUT2D eigenvalue weighted by molar-refractivity contribution is 7.80. The quantitative estimate of drug-likeness (QED) is 0.582. The Kier molecular flexibility index (Phi) is 4.62. The molecule has 1 nitrogen and oxygen atoms in total. The Balaban J connectivity index is 3.71. The fourth-order valence-electron chi connectivity index (χ4n) is 0.678. The van der Waals surface area contributed by atoms with Crippen molar-refractivity contribution in [2.45, 2.75) is 39.7 Å². The average molecular weight is 159 g/mol. The molecule has 0 spiro atoms. The Bertz CT molecular complexity index is 110. The molecule has 0 saturated carbocycles. The molecule has 0 aromatic heterocycles. The van der Waals surface area contributed by atoms with E-state index in [1.54, 1.807) is 0 Å². The van der Waals surface area contributed by atoms with Gasteiger partial charge in [0.25, 0.3) is 0 Å². The molecule has 10 heavy (non-hydrogen) atoms. The first-order chi connectivity index (χ1) is 4.59. The molecule has 0 unspecified atom stereocenters. The fourth-order valence-corrected chi connectivity index (χ4v) is 1.09. The summed E-state index contributed by atoms with van der Waals surface area (Å²) in [6.45, 7) is 6.46. The highest BCUT2D eigenvalue weighted by atomic mass is 32.1. The van der Waals surface area contributed by atoms with Crippen molar-refractivity contribution in [1.82, 2.24) is 4.90 Å². The normalized spacial score (nSPS) is 10.1. The summed E-state index contributed by atoms with van der Waals surface area (Å²) in [7, 11) is 2.06. The molecule has 0 saturated heterocycles. The van der Waals surface area contributed by atoms with E-state index in [4.69, 9.17) is 12.2 Å². The highest BCUT2D eigenvalue weighted by Crippen LogP contribution is 2.01. The van der Waals surface area contributed by atoms with E-state index in [0.29, 0.717) is 6.04 Å². The monoisotopic (exact) mass is 159 g/mol. The third kappa shape index (κ3) is 3.16. The summed E-state index contributed by atoms with van der Waals surface area (Å²) in [5.41, 5.74) is 0. The van der Waals surface area contributed by atoms with Crippen molar-refractivity contribution in [2.24, 2.45) is 0 Å². The van der Waals surface area contributed by atoms with Gasteiger partial charge in [0.15, 0.2) is 0 Å². The minimum Gasteiger partial charge on any atom is -0.367 e. The molecule has 0 radical (unpaired) electrons. The minimum absolute atomic E-state index is 0.541. The zero-order chi connectivity index (χ0) is 8.15. The number of hydrogen-bond donors (Lipinski definition) is 0. The zero-order valence-corrected chi connectivity index (χ0v) is 8.16. The van der Waals surface area contributed by atoms with E-state index >= 15 is 0 Å². The molecule has 0 aromatic rings. The molecule has 0 aliphatic heterocycles. The molecule has 0 aliphatic carbocycles. The fraction of sp³-hybridized carbons (Fsp3) is 0.875. The van der Waals surface area contributed by atoms with Crippen LogP contribution in [0.3, 0.4) is 0 Å². The topological polar surface area (TPSA) is 3.24 Å². The van der Waals surface area contributed by atoms with Gasteiger partial charge in [-0.05, 0) is 26.7 Å². The lowest BCUT2D eigenvalue weighted by Gasteiger charge is -2.23. The Hall–Kier alpha value is -0.110. The van der Waals surface area contributed by atoms with E-state index in [2.05, 4.69) is 32.7 Å². The van der Waals surface area contributed by atoms with Crippen molar-refractivity contribution in [3.8, 4) is 0 Å². The summed E-state index contributed by atoms with van der Waals surface area (Å²) in [6, 6.07) is 0.541. The van der Waals surface area contributed by atoms with Crippen LogP contribution in [-0.4, -0.2) is 23.0 Å². The molecule has 0 fully saturated rings. The lowest BCUT2D eigenvalue weighted by molar-refractivity contribution is 0.416. The van der Waals surface area contributed by atoms with Crippen LogP contribution in [0.15, 0.2) is 0 Å². The van der Waals surface area contributed by atoms with Crippen LogP contribution in [0.1, 0.15) is 33.6 Å². The van der Waals surface area contributed by atoms with Gasteiger partial charge in [-0.25, -0.2) is 0 Å². The maximum Gasteiger partial charge on any atom is 0.0778 e. The van der Waals surface area contributed by atoms with Gasteiger partial charge in [0.05, 0.1) is 4.99 Å². The van der Waals surface area contributed by atoms with Crippen molar-refractivity contribution in [2.75, 3.05) is 7.05 Å². The molecule has 0 heterocycles. The molecule has 0 atom stereocenters. The van der Waals surface area contributed by atoms with Gasteiger partial charge in [0, 0.05) is 13.1 Å². The SMILES string of the molecule is CCCC(=S)N(C)C(C)C. The first-order valence-electron chi connectivity index (χ1n) is 3.85. The standard InChI is InChI=1S/C8H17NS/c1-5-6-8(10)9(4)7(2)3/h7H,5-6H2,1-4H3.